The largest absolute Gasteiger partial charge is 0.324 e. The highest BCUT2D eigenvalue weighted by atomic mass is 15.3. The summed E-state index contributed by atoms with van der Waals surface area (Å²) in [7, 11) is 0. The first-order chi connectivity index (χ1) is 9.62. The molecule has 3 heteroatoms. The molecule has 20 heavy (non-hydrogen) atoms. The van der Waals surface area contributed by atoms with E-state index >= 15 is 0 Å². The third kappa shape index (κ3) is 2.93. The highest BCUT2D eigenvalue weighted by Crippen LogP contribution is 2.35. The monoisotopic (exact) mass is 277 g/mol. The van der Waals surface area contributed by atoms with Crippen molar-refractivity contribution in [3.8, 4) is 0 Å². The summed E-state index contributed by atoms with van der Waals surface area (Å²) in [6.45, 7) is 8.98. The molecule has 0 aliphatic heterocycles. The van der Waals surface area contributed by atoms with Gasteiger partial charge in [0.25, 0.3) is 0 Å². The van der Waals surface area contributed by atoms with Crippen LogP contribution in [-0.4, -0.2) is 9.78 Å². The summed E-state index contributed by atoms with van der Waals surface area (Å²) in [6, 6.07) is 0.742. The molecule has 1 fully saturated rings. The number of aryl methyl sites for hydroxylation is 1. The fourth-order valence-corrected chi connectivity index (χ4v) is 3.71. The quantitative estimate of drug-likeness (QED) is 0.878. The number of hydrogen-bond donors (Lipinski definition) is 1. The van der Waals surface area contributed by atoms with Gasteiger partial charge >= 0.3 is 0 Å². The minimum Gasteiger partial charge on any atom is -0.324 e. The maximum Gasteiger partial charge on any atom is 0.0672 e. The van der Waals surface area contributed by atoms with E-state index in [1.54, 1.807) is 0 Å². The number of rotatable bonds is 5. The Bertz CT molecular complexity index is 436. The minimum absolute atomic E-state index is 0.148. The normalized spacial score (nSPS) is 24.9. The minimum atomic E-state index is 0.148. The summed E-state index contributed by atoms with van der Waals surface area (Å²) >= 11 is 0. The van der Waals surface area contributed by atoms with Crippen molar-refractivity contribution in [1.82, 2.24) is 9.78 Å². The van der Waals surface area contributed by atoms with Crippen LogP contribution in [0.3, 0.4) is 0 Å². The van der Waals surface area contributed by atoms with E-state index < -0.39 is 0 Å². The second kappa shape index (κ2) is 6.75. The fraction of sp³-hybridized carbons (Fsp3) is 0.824. The van der Waals surface area contributed by atoms with Crippen molar-refractivity contribution in [2.45, 2.75) is 84.7 Å². The highest BCUT2D eigenvalue weighted by Gasteiger charge is 2.27. The Labute approximate surface area is 123 Å². The Morgan fingerprint density at radius 3 is 2.55 bits per heavy atom. The van der Waals surface area contributed by atoms with Crippen molar-refractivity contribution >= 4 is 0 Å². The van der Waals surface area contributed by atoms with Gasteiger partial charge in [0, 0.05) is 17.3 Å². The van der Waals surface area contributed by atoms with Gasteiger partial charge in [0.05, 0.1) is 11.7 Å². The van der Waals surface area contributed by atoms with Crippen LogP contribution in [0.1, 0.15) is 88.8 Å². The zero-order valence-corrected chi connectivity index (χ0v) is 13.7. The Kier molecular flexibility index (Phi) is 5.25. The number of hydrogen-bond acceptors (Lipinski definition) is 2. The molecule has 0 bridgehead atoms. The van der Waals surface area contributed by atoms with Crippen molar-refractivity contribution < 1.29 is 0 Å². The van der Waals surface area contributed by atoms with Crippen molar-refractivity contribution in [3.63, 3.8) is 0 Å². The van der Waals surface area contributed by atoms with Gasteiger partial charge in [-0.2, -0.15) is 5.10 Å². The van der Waals surface area contributed by atoms with Gasteiger partial charge < -0.3 is 5.73 Å². The summed E-state index contributed by atoms with van der Waals surface area (Å²) in [5.74, 6) is 0.830. The van der Waals surface area contributed by atoms with Gasteiger partial charge in [0.1, 0.15) is 0 Å². The average molecular weight is 277 g/mol. The molecule has 1 aromatic rings. The van der Waals surface area contributed by atoms with Crippen LogP contribution in [0.5, 0.6) is 0 Å². The van der Waals surface area contributed by atoms with Gasteiger partial charge in [-0.15, -0.1) is 0 Å². The Balaban J connectivity index is 2.39. The number of aromatic nitrogens is 2. The summed E-state index contributed by atoms with van der Waals surface area (Å²) in [5.41, 5.74) is 10.3. The van der Waals surface area contributed by atoms with Gasteiger partial charge in [-0.05, 0) is 38.0 Å². The molecule has 0 saturated heterocycles. The predicted molar refractivity (Wildman–Crippen MR) is 84.9 cm³/mol. The van der Waals surface area contributed by atoms with E-state index in [-0.39, 0.29) is 6.04 Å². The first-order valence-corrected chi connectivity index (χ1v) is 8.47. The SMILES string of the molecule is CCc1nn(C2CCCC(C)C2)c(CC)c1C(N)CC. The van der Waals surface area contributed by atoms with E-state index in [9.17, 15) is 0 Å². The average Bonchev–Trinajstić information content (AvgIpc) is 2.85. The molecule has 1 aliphatic carbocycles. The van der Waals surface area contributed by atoms with Crippen molar-refractivity contribution in [2.75, 3.05) is 0 Å². The maximum absolute atomic E-state index is 6.36. The fourth-order valence-electron chi connectivity index (χ4n) is 3.71. The molecule has 3 atom stereocenters. The smallest absolute Gasteiger partial charge is 0.0672 e. The molecule has 1 aromatic heterocycles. The zero-order chi connectivity index (χ0) is 14.7. The third-order valence-electron chi connectivity index (χ3n) is 4.86. The first-order valence-electron chi connectivity index (χ1n) is 8.47. The molecule has 3 unspecified atom stereocenters. The van der Waals surface area contributed by atoms with E-state index in [1.807, 2.05) is 0 Å². The van der Waals surface area contributed by atoms with Crippen molar-refractivity contribution in [1.29, 1.82) is 0 Å². The molecule has 0 amide bonds. The molecular weight excluding hydrogens is 246 g/mol. The molecule has 0 radical (unpaired) electrons. The summed E-state index contributed by atoms with van der Waals surface area (Å²) < 4.78 is 2.35. The van der Waals surface area contributed by atoms with Crippen LogP contribution in [0.2, 0.25) is 0 Å². The summed E-state index contributed by atoms with van der Waals surface area (Å²) in [6.07, 6.45) is 8.30. The molecular formula is C17H31N3. The second-order valence-electron chi connectivity index (χ2n) is 6.40. The first kappa shape index (κ1) is 15.6. The van der Waals surface area contributed by atoms with Crippen LogP contribution >= 0.6 is 0 Å². The van der Waals surface area contributed by atoms with E-state index in [2.05, 4.69) is 32.4 Å². The third-order valence-corrected chi connectivity index (χ3v) is 4.86. The zero-order valence-electron chi connectivity index (χ0n) is 13.7. The Hall–Kier alpha value is -0.830. The Morgan fingerprint density at radius 1 is 1.25 bits per heavy atom. The lowest BCUT2D eigenvalue weighted by molar-refractivity contribution is 0.261. The van der Waals surface area contributed by atoms with Crippen LogP contribution in [0.4, 0.5) is 0 Å². The van der Waals surface area contributed by atoms with Gasteiger partial charge in [-0.1, -0.05) is 40.5 Å². The highest BCUT2D eigenvalue weighted by molar-refractivity contribution is 5.30. The molecule has 0 spiro atoms. The van der Waals surface area contributed by atoms with Gasteiger partial charge in [-0.25, -0.2) is 0 Å². The van der Waals surface area contributed by atoms with Gasteiger partial charge in [0.15, 0.2) is 0 Å². The lowest BCUT2D eigenvalue weighted by Crippen LogP contribution is -2.21. The van der Waals surface area contributed by atoms with E-state index in [0.29, 0.717) is 6.04 Å². The van der Waals surface area contributed by atoms with E-state index in [4.69, 9.17) is 10.8 Å². The molecule has 1 saturated carbocycles. The van der Waals surface area contributed by atoms with Crippen molar-refractivity contribution in [3.05, 3.63) is 17.0 Å². The topological polar surface area (TPSA) is 43.8 Å². The molecule has 3 nitrogen and oxygen atoms in total. The van der Waals surface area contributed by atoms with Gasteiger partial charge in [-0.3, -0.25) is 4.68 Å². The Morgan fingerprint density at radius 2 is 2.00 bits per heavy atom. The molecule has 0 aromatic carbocycles. The summed E-state index contributed by atoms with van der Waals surface area (Å²) in [5, 5.41) is 4.96. The van der Waals surface area contributed by atoms with Crippen LogP contribution in [0, 0.1) is 5.92 Å². The number of nitrogens with two attached hydrogens (primary N) is 1. The molecule has 1 aliphatic rings. The van der Waals surface area contributed by atoms with Crippen LogP contribution < -0.4 is 5.73 Å². The standard InChI is InChI=1S/C17H31N3/c1-5-14(18)17-15(6-2)19-20(16(17)7-3)13-10-8-9-12(4)11-13/h12-14H,5-11,18H2,1-4H3. The molecule has 2 N–H and O–H groups in total. The van der Waals surface area contributed by atoms with Crippen molar-refractivity contribution in [2.24, 2.45) is 11.7 Å². The number of nitrogens with zero attached hydrogens (tertiary/aromatic N) is 2. The van der Waals surface area contributed by atoms with Crippen LogP contribution in [-0.2, 0) is 12.8 Å². The second-order valence-corrected chi connectivity index (χ2v) is 6.40. The maximum atomic E-state index is 6.36. The van der Waals surface area contributed by atoms with Crippen LogP contribution in [0.15, 0.2) is 0 Å². The lowest BCUT2D eigenvalue weighted by Gasteiger charge is -2.28. The van der Waals surface area contributed by atoms with Gasteiger partial charge in [0.2, 0.25) is 0 Å². The molecule has 1 heterocycles. The molecule has 2 rings (SSSR count). The van der Waals surface area contributed by atoms with E-state index in [1.165, 1.54) is 42.6 Å². The lowest BCUT2D eigenvalue weighted by atomic mass is 9.87. The van der Waals surface area contributed by atoms with E-state index in [0.717, 1.165) is 25.2 Å². The molecule has 114 valence electrons. The summed E-state index contributed by atoms with van der Waals surface area (Å²) in [4.78, 5) is 0. The van der Waals surface area contributed by atoms with Crippen LogP contribution in [0.25, 0.3) is 0 Å². The predicted octanol–water partition coefficient (Wildman–Crippen LogP) is 4.17.